The number of rotatable bonds is 8. The van der Waals surface area contributed by atoms with Crippen LogP contribution in [-0.2, 0) is 14.4 Å². The Hall–Kier alpha value is -1.49. The molecule has 2 unspecified atom stereocenters. The van der Waals surface area contributed by atoms with E-state index in [1.807, 2.05) is 13.8 Å². The largest absolute Gasteiger partial charge is 0.870 e. The summed E-state index contributed by atoms with van der Waals surface area (Å²) in [7, 11) is 0. The van der Waals surface area contributed by atoms with Crippen molar-refractivity contribution in [1.82, 2.24) is 5.32 Å². The number of allylic oxidation sites excluding steroid dienone is 2. The molecule has 1 N–H and O–H groups in total. The standard InChI is InChI=1S/C15H23NO4/c1-3-5-12(17)11(16-6-4-2)7-10-8-14(19)15(20)9-13(10)18/h9-11,16,20H,3-8H2,1-2H3/p-1. The van der Waals surface area contributed by atoms with Gasteiger partial charge in [-0.1, -0.05) is 19.6 Å². The first kappa shape index (κ1) is 16.6. The summed E-state index contributed by atoms with van der Waals surface area (Å²) >= 11 is 0. The van der Waals surface area contributed by atoms with Crippen LogP contribution < -0.4 is 10.4 Å². The lowest BCUT2D eigenvalue weighted by molar-refractivity contribution is -0.299. The molecule has 0 radical (unpaired) electrons. The number of Topliss-reactive ketones (excluding diaryl/α,β-unsaturated/α-hetero) is 2. The maximum Gasteiger partial charge on any atom is 0.158 e. The molecule has 0 saturated carbocycles. The van der Waals surface area contributed by atoms with Gasteiger partial charge in [-0.25, -0.2) is 0 Å². The van der Waals surface area contributed by atoms with Crippen molar-refractivity contribution in [2.45, 2.75) is 52.0 Å². The molecule has 1 aliphatic carbocycles. The first-order valence-electron chi connectivity index (χ1n) is 7.21. The van der Waals surface area contributed by atoms with Crippen molar-refractivity contribution in [1.29, 1.82) is 0 Å². The second kappa shape index (κ2) is 7.94. The van der Waals surface area contributed by atoms with E-state index in [9.17, 15) is 19.5 Å². The smallest absolute Gasteiger partial charge is 0.158 e. The van der Waals surface area contributed by atoms with E-state index in [4.69, 9.17) is 0 Å². The Labute approximate surface area is 119 Å². The zero-order chi connectivity index (χ0) is 15.1. The lowest BCUT2D eigenvalue weighted by Gasteiger charge is -2.26. The molecule has 0 heterocycles. The lowest BCUT2D eigenvalue weighted by atomic mass is 9.84. The summed E-state index contributed by atoms with van der Waals surface area (Å²) in [4.78, 5) is 35.2. The highest BCUT2D eigenvalue weighted by molar-refractivity contribution is 6.07. The molecular formula is C15H22NO4-. The number of nitrogens with one attached hydrogen (secondary N) is 1. The van der Waals surface area contributed by atoms with Crippen LogP contribution >= 0.6 is 0 Å². The monoisotopic (exact) mass is 280 g/mol. The highest BCUT2D eigenvalue weighted by Crippen LogP contribution is 2.21. The van der Waals surface area contributed by atoms with E-state index in [0.29, 0.717) is 19.4 Å². The Balaban J connectivity index is 2.71. The number of hydrogen-bond acceptors (Lipinski definition) is 5. The van der Waals surface area contributed by atoms with Gasteiger partial charge >= 0.3 is 0 Å². The van der Waals surface area contributed by atoms with Crippen molar-refractivity contribution in [2.75, 3.05) is 6.54 Å². The summed E-state index contributed by atoms with van der Waals surface area (Å²) < 4.78 is 0. The molecule has 0 aromatic rings. The van der Waals surface area contributed by atoms with E-state index in [-0.39, 0.29) is 18.0 Å². The van der Waals surface area contributed by atoms with Gasteiger partial charge in [0.2, 0.25) is 0 Å². The van der Waals surface area contributed by atoms with Gasteiger partial charge in [0, 0.05) is 18.8 Å². The van der Waals surface area contributed by atoms with E-state index in [1.165, 1.54) is 0 Å². The van der Waals surface area contributed by atoms with Gasteiger partial charge in [0.1, 0.15) is 11.6 Å². The minimum absolute atomic E-state index is 0.0677. The van der Waals surface area contributed by atoms with Crippen LogP contribution in [0.5, 0.6) is 0 Å². The van der Waals surface area contributed by atoms with E-state index in [0.717, 1.165) is 18.9 Å². The van der Waals surface area contributed by atoms with Crippen LogP contribution in [0.2, 0.25) is 0 Å². The predicted octanol–water partition coefficient (Wildman–Crippen LogP) is 0.516. The van der Waals surface area contributed by atoms with Crippen molar-refractivity contribution in [3.05, 3.63) is 11.8 Å². The normalized spacial score (nSPS) is 20.7. The minimum Gasteiger partial charge on any atom is -0.870 e. The second-order valence-corrected chi connectivity index (χ2v) is 5.19. The molecule has 0 bridgehead atoms. The fraction of sp³-hybridized carbons (Fsp3) is 0.667. The highest BCUT2D eigenvalue weighted by Gasteiger charge is 2.29. The third kappa shape index (κ3) is 4.56. The molecule has 0 aromatic carbocycles. The second-order valence-electron chi connectivity index (χ2n) is 5.19. The molecule has 0 saturated heterocycles. The Morgan fingerprint density at radius 2 is 2.10 bits per heavy atom. The molecular weight excluding hydrogens is 258 g/mol. The topological polar surface area (TPSA) is 86.3 Å². The quantitative estimate of drug-likeness (QED) is 0.700. The third-order valence-corrected chi connectivity index (χ3v) is 3.43. The molecule has 2 atom stereocenters. The van der Waals surface area contributed by atoms with E-state index in [1.54, 1.807) is 0 Å². The van der Waals surface area contributed by atoms with Crippen molar-refractivity contribution < 1.29 is 19.5 Å². The van der Waals surface area contributed by atoms with Crippen LogP contribution in [0.15, 0.2) is 11.8 Å². The predicted molar refractivity (Wildman–Crippen MR) is 72.8 cm³/mol. The summed E-state index contributed by atoms with van der Waals surface area (Å²) in [6, 6.07) is -0.404. The van der Waals surface area contributed by atoms with E-state index >= 15 is 0 Å². The van der Waals surface area contributed by atoms with E-state index in [2.05, 4.69) is 5.32 Å². The molecule has 112 valence electrons. The van der Waals surface area contributed by atoms with Crippen molar-refractivity contribution in [3.63, 3.8) is 0 Å². The van der Waals surface area contributed by atoms with Gasteiger partial charge in [-0.3, -0.25) is 14.4 Å². The highest BCUT2D eigenvalue weighted by atomic mass is 16.3. The number of carbonyl (C=O) groups excluding carboxylic acids is 3. The maximum absolute atomic E-state index is 12.0. The first-order valence-corrected chi connectivity index (χ1v) is 7.21. The molecule has 0 aromatic heterocycles. The zero-order valence-electron chi connectivity index (χ0n) is 12.1. The van der Waals surface area contributed by atoms with Crippen LogP contribution in [0.1, 0.15) is 46.0 Å². The Morgan fingerprint density at radius 3 is 2.70 bits per heavy atom. The lowest BCUT2D eigenvalue weighted by Crippen LogP contribution is -2.41. The summed E-state index contributed by atoms with van der Waals surface area (Å²) in [5, 5.41) is 14.3. The van der Waals surface area contributed by atoms with Gasteiger partial charge in [-0.2, -0.15) is 0 Å². The molecule has 1 aliphatic rings. The Morgan fingerprint density at radius 1 is 1.40 bits per heavy atom. The average Bonchev–Trinajstić information content (AvgIpc) is 2.40. The zero-order valence-corrected chi connectivity index (χ0v) is 12.1. The van der Waals surface area contributed by atoms with Crippen molar-refractivity contribution >= 4 is 17.3 Å². The molecule has 0 spiro atoms. The third-order valence-electron chi connectivity index (χ3n) is 3.43. The first-order chi connectivity index (χ1) is 9.49. The van der Waals surface area contributed by atoms with Gasteiger partial charge < -0.3 is 10.4 Å². The summed E-state index contributed by atoms with van der Waals surface area (Å²) in [6.07, 6.45) is 3.20. The molecule has 5 nitrogen and oxygen atoms in total. The van der Waals surface area contributed by atoms with Crippen LogP contribution in [0.25, 0.3) is 0 Å². The fourth-order valence-corrected chi connectivity index (χ4v) is 2.30. The summed E-state index contributed by atoms with van der Waals surface area (Å²) in [6.45, 7) is 4.62. The van der Waals surface area contributed by atoms with Gasteiger partial charge in [0.05, 0.1) is 6.04 Å². The molecule has 0 aliphatic heterocycles. The van der Waals surface area contributed by atoms with Gasteiger partial charge in [-0.05, 0) is 31.9 Å². The molecule has 20 heavy (non-hydrogen) atoms. The number of carbonyl (C=O) groups is 3. The van der Waals surface area contributed by atoms with Crippen LogP contribution in [-0.4, -0.2) is 29.9 Å². The van der Waals surface area contributed by atoms with Gasteiger partial charge in [-0.15, -0.1) is 0 Å². The summed E-state index contributed by atoms with van der Waals surface area (Å²) in [5.41, 5.74) is 0. The van der Waals surface area contributed by atoms with Crippen LogP contribution in [0.4, 0.5) is 0 Å². The minimum atomic E-state index is -0.718. The summed E-state index contributed by atoms with van der Waals surface area (Å²) in [5.74, 6) is -2.06. The van der Waals surface area contributed by atoms with Gasteiger partial charge in [0.25, 0.3) is 0 Å². The molecule has 0 amide bonds. The van der Waals surface area contributed by atoms with Gasteiger partial charge in [0.15, 0.2) is 5.78 Å². The average molecular weight is 280 g/mol. The fourth-order valence-electron chi connectivity index (χ4n) is 2.30. The van der Waals surface area contributed by atoms with E-state index < -0.39 is 23.5 Å². The Kier molecular flexibility index (Phi) is 6.58. The molecule has 0 fully saturated rings. The SMILES string of the molecule is CCCNC(CC1CC(=O)C([O-])=CC1=O)C(=O)CCC. The molecule has 1 rings (SSSR count). The van der Waals surface area contributed by atoms with Crippen LogP contribution in [0.3, 0.4) is 0 Å². The van der Waals surface area contributed by atoms with Crippen molar-refractivity contribution in [2.24, 2.45) is 5.92 Å². The number of ketones is 3. The van der Waals surface area contributed by atoms with Crippen LogP contribution in [0, 0.1) is 5.92 Å². The maximum atomic E-state index is 12.0. The van der Waals surface area contributed by atoms with Crippen molar-refractivity contribution in [3.8, 4) is 0 Å². The molecule has 5 heteroatoms. The Bertz CT molecular complexity index is 414. The number of hydrogen-bond donors (Lipinski definition) is 1.